The second-order valence-electron chi connectivity index (χ2n) is 4.46. The van der Waals surface area contributed by atoms with Crippen LogP contribution >= 0.6 is 0 Å². The fourth-order valence-corrected chi connectivity index (χ4v) is 1.99. The van der Waals surface area contributed by atoms with Crippen molar-refractivity contribution in [3.63, 3.8) is 0 Å². The lowest BCUT2D eigenvalue weighted by molar-refractivity contribution is 1.000. The van der Waals surface area contributed by atoms with Crippen LogP contribution in [0.1, 0.15) is 25.0 Å². The molecule has 0 aromatic heterocycles. The summed E-state index contributed by atoms with van der Waals surface area (Å²) in [6, 6.07) is 6.18. The van der Waals surface area contributed by atoms with Crippen molar-refractivity contribution in [1.82, 2.24) is 5.23 Å². The molecule has 1 aromatic rings. The molecule has 0 unspecified atom stereocenters. The summed E-state index contributed by atoms with van der Waals surface area (Å²) in [5, 5.41) is 6.88. The molecule has 16 heavy (non-hydrogen) atoms. The van der Waals surface area contributed by atoms with E-state index < -0.39 is 0 Å². The van der Waals surface area contributed by atoms with Gasteiger partial charge in [-0.1, -0.05) is 45.2 Å². The van der Waals surface area contributed by atoms with Gasteiger partial charge in [0.2, 0.25) is 0 Å². The van der Waals surface area contributed by atoms with Crippen LogP contribution in [0.15, 0.2) is 31.4 Å². The molecule has 1 aromatic carbocycles. The van der Waals surface area contributed by atoms with Crippen molar-refractivity contribution in [2.24, 2.45) is 0 Å². The Kier molecular flexibility index (Phi) is 2.78. The zero-order valence-electron chi connectivity index (χ0n) is 9.88. The molecule has 2 rings (SSSR count). The highest BCUT2D eigenvalue weighted by molar-refractivity contribution is 6.63. The fourth-order valence-electron chi connectivity index (χ4n) is 1.99. The Morgan fingerprint density at radius 1 is 1.31 bits per heavy atom. The number of rotatable bonds is 2. The first-order chi connectivity index (χ1) is 7.63. The highest BCUT2D eigenvalue weighted by atomic mass is 15.0. The summed E-state index contributed by atoms with van der Waals surface area (Å²) < 4.78 is 0. The van der Waals surface area contributed by atoms with E-state index in [0.717, 1.165) is 22.5 Å². The van der Waals surface area contributed by atoms with Gasteiger partial charge in [0, 0.05) is 16.9 Å². The maximum absolute atomic E-state index is 4.10. The lowest BCUT2D eigenvalue weighted by Gasteiger charge is -2.31. The molecule has 0 bridgehead atoms. The third kappa shape index (κ3) is 1.73. The van der Waals surface area contributed by atoms with Crippen LogP contribution in [0.25, 0.3) is 11.8 Å². The lowest BCUT2D eigenvalue weighted by atomic mass is 9.62. The fraction of sp³-hybridized carbons (Fsp3) is 0.231. The Hall–Kier alpha value is -1.64. The average Bonchev–Trinajstić information content (AvgIpc) is 2.27. The van der Waals surface area contributed by atoms with Crippen LogP contribution in [0, 0.1) is 0 Å². The molecular formula is C13H17BN2. The largest absolute Gasteiger partial charge is 0.409 e. The third-order valence-electron chi connectivity index (χ3n) is 2.93. The summed E-state index contributed by atoms with van der Waals surface area (Å²) in [6.07, 6.45) is 1.86. The summed E-state index contributed by atoms with van der Waals surface area (Å²) in [5.74, 6) is 0.511. The van der Waals surface area contributed by atoms with Crippen LogP contribution in [0.3, 0.4) is 0 Å². The Balaban J connectivity index is 2.45. The van der Waals surface area contributed by atoms with Crippen molar-refractivity contribution in [3.8, 4) is 0 Å². The molecule has 0 aliphatic carbocycles. The van der Waals surface area contributed by atoms with Gasteiger partial charge in [0.1, 0.15) is 0 Å². The van der Waals surface area contributed by atoms with Crippen LogP contribution < -0.4 is 10.5 Å². The van der Waals surface area contributed by atoms with Crippen molar-refractivity contribution in [2.75, 3.05) is 5.23 Å². The van der Waals surface area contributed by atoms with Crippen LogP contribution in [-0.4, -0.2) is 6.98 Å². The molecule has 1 heterocycles. The first-order valence-electron chi connectivity index (χ1n) is 5.61. The SMILES string of the molecule is C=Cc1cccc2c1C(=C)NB(C(C)C)N2. The maximum atomic E-state index is 4.10. The molecular weight excluding hydrogens is 195 g/mol. The molecule has 2 N–H and O–H groups in total. The van der Waals surface area contributed by atoms with Crippen LogP contribution in [0.5, 0.6) is 0 Å². The summed E-state index contributed by atoms with van der Waals surface area (Å²) in [5.41, 5.74) is 4.36. The van der Waals surface area contributed by atoms with Crippen LogP contribution in [0.4, 0.5) is 5.69 Å². The van der Waals surface area contributed by atoms with Gasteiger partial charge >= 0.3 is 6.98 Å². The number of benzene rings is 1. The molecule has 0 radical (unpaired) electrons. The second-order valence-corrected chi connectivity index (χ2v) is 4.46. The molecule has 0 fully saturated rings. The van der Waals surface area contributed by atoms with E-state index in [4.69, 9.17) is 0 Å². The molecule has 0 saturated carbocycles. The Morgan fingerprint density at radius 2 is 2.06 bits per heavy atom. The van der Waals surface area contributed by atoms with E-state index in [-0.39, 0.29) is 6.98 Å². The van der Waals surface area contributed by atoms with Crippen LogP contribution in [0.2, 0.25) is 5.82 Å². The van der Waals surface area contributed by atoms with E-state index in [9.17, 15) is 0 Å². The molecule has 2 nitrogen and oxygen atoms in total. The lowest BCUT2D eigenvalue weighted by Crippen LogP contribution is -2.46. The van der Waals surface area contributed by atoms with E-state index in [1.165, 1.54) is 0 Å². The molecule has 1 aliphatic heterocycles. The summed E-state index contributed by atoms with van der Waals surface area (Å²) >= 11 is 0. The van der Waals surface area contributed by atoms with E-state index in [0.29, 0.717) is 5.82 Å². The zero-order valence-corrected chi connectivity index (χ0v) is 9.88. The van der Waals surface area contributed by atoms with Crippen molar-refractivity contribution < 1.29 is 0 Å². The van der Waals surface area contributed by atoms with E-state index in [1.54, 1.807) is 0 Å². The smallest absolute Gasteiger partial charge is 0.372 e. The molecule has 0 atom stereocenters. The number of fused-ring (bicyclic) bond motifs is 1. The molecule has 3 heteroatoms. The third-order valence-corrected chi connectivity index (χ3v) is 2.93. The van der Waals surface area contributed by atoms with Gasteiger partial charge in [-0.15, -0.1) is 0 Å². The van der Waals surface area contributed by atoms with Crippen LogP contribution in [-0.2, 0) is 0 Å². The van der Waals surface area contributed by atoms with Gasteiger partial charge in [-0.3, -0.25) is 0 Å². The highest BCUT2D eigenvalue weighted by Gasteiger charge is 2.27. The maximum Gasteiger partial charge on any atom is 0.372 e. The monoisotopic (exact) mass is 212 g/mol. The zero-order chi connectivity index (χ0) is 11.7. The quantitative estimate of drug-likeness (QED) is 0.735. The Morgan fingerprint density at radius 3 is 2.69 bits per heavy atom. The predicted octanol–water partition coefficient (Wildman–Crippen LogP) is 3.21. The Bertz CT molecular complexity index is 438. The molecule has 0 saturated heterocycles. The number of anilines is 1. The predicted molar refractivity (Wildman–Crippen MR) is 73.2 cm³/mol. The second kappa shape index (κ2) is 4.09. The molecule has 82 valence electrons. The van der Waals surface area contributed by atoms with Gasteiger partial charge in [0.25, 0.3) is 0 Å². The van der Waals surface area contributed by atoms with Gasteiger partial charge < -0.3 is 10.5 Å². The van der Waals surface area contributed by atoms with Crippen molar-refractivity contribution in [2.45, 2.75) is 19.7 Å². The van der Waals surface area contributed by atoms with E-state index in [2.05, 4.69) is 49.6 Å². The van der Waals surface area contributed by atoms with Crippen molar-refractivity contribution >= 4 is 24.4 Å². The van der Waals surface area contributed by atoms with Gasteiger partial charge in [-0.25, -0.2) is 0 Å². The minimum absolute atomic E-state index is 0.250. The summed E-state index contributed by atoms with van der Waals surface area (Å²) in [7, 11) is 0. The highest BCUT2D eigenvalue weighted by Crippen LogP contribution is 2.31. The van der Waals surface area contributed by atoms with Gasteiger partial charge in [0.05, 0.1) is 0 Å². The number of hydrogen-bond donors (Lipinski definition) is 2. The van der Waals surface area contributed by atoms with Gasteiger partial charge in [-0.2, -0.15) is 0 Å². The van der Waals surface area contributed by atoms with Crippen molar-refractivity contribution in [1.29, 1.82) is 0 Å². The van der Waals surface area contributed by atoms with Gasteiger partial charge in [-0.05, 0) is 17.4 Å². The van der Waals surface area contributed by atoms with E-state index >= 15 is 0 Å². The van der Waals surface area contributed by atoms with Crippen molar-refractivity contribution in [3.05, 3.63) is 42.5 Å². The summed E-state index contributed by atoms with van der Waals surface area (Å²) in [4.78, 5) is 0. The first-order valence-corrected chi connectivity index (χ1v) is 5.61. The normalized spacial score (nSPS) is 14.2. The average molecular weight is 212 g/mol. The minimum Gasteiger partial charge on any atom is -0.409 e. The van der Waals surface area contributed by atoms with E-state index in [1.807, 2.05) is 12.1 Å². The number of nitrogens with one attached hydrogen (secondary N) is 2. The first kappa shape index (κ1) is 10.9. The minimum atomic E-state index is 0.250. The molecule has 1 aliphatic rings. The number of hydrogen-bond acceptors (Lipinski definition) is 2. The molecule has 0 amide bonds. The topological polar surface area (TPSA) is 24.1 Å². The summed E-state index contributed by atoms with van der Waals surface area (Å²) in [6.45, 7) is 12.5. The standard InChI is InChI=1S/C13H17BN2/c1-5-11-7-6-8-12-13(11)10(4)15-14(16-12)9(2)3/h5-9,15-16H,1,4H2,2-3H3. The Labute approximate surface area is 97.6 Å². The molecule has 0 spiro atoms. The van der Waals surface area contributed by atoms with Gasteiger partial charge in [0.15, 0.2) is 0 Å².